The molecule has 4 nitrogen and oxygen atoms in total. The van der Waals surface area contributed by atoms with Crippen molar-refractivity contribution in [2.24, 2.45) is 5.92 Å². The molecule has 0 aliphatic carbocycles. The van der Waals surface area contributed by atoms with Crippen molar-refractivity contribution >= 4 is 18.3 Å². The summed E-state index contributed by atoms with van der Waals surface area (Å²) in [6.07, 6.45) is 2.28. The Bertz CT molecular complexity index is 519. The Labute approximate surface area is 150 Å². The quantitative estimate of drug-likeness (QED) is 0.788. The first-order valence-electron chi connectivity index (χ1n) is 8.53. The molecule has 0 atom stereocenters. The fourth-order valence-corrected chi connectivity index (χ4v) is 2.90. The minimum atomic E-state index is -0.223. The maximum atomic E-state index is 13.5. The van der Waals surface area contributed by atoms with E-state index in [1.54, 1.807) is 13.0 Å². The SMILES string of the molecule is CCNCC1CCN(CC(=O)NCc2ccc(C)c(F)c2)CC1.Cl. The Morgan fingerprint density at radius 3 is 2.67 bits per heavy atom. The molecular formula is C18H29ClFN3O. The fourth-order valence-electron chi connectivity index (χ4n) is 2.90. The second kappa shape index (κ2) is 10.6. The summed E-state index contributed by atoms with van der Waals surface area (Å²) in [5.41, 5.74) is 1.42. The third-order valence-electron chi connectivity index (χ3n) is 4.48. The second-order valence-corrected chi connectivity index (χ2v) is 6.39. The van der Waals surface area contributed by atoms with Crippen molar-refractivity contribution in [1.82, 2.24) is 15.5 Å². The van der Waals surface area contributed by atoms with Crippen LogP contribution >= 0.6 is 12.4 Å². The van der Waals surface area contributed by atoms with Gasteiger partial charge in [-0.05, 0) is 69.1 Å². The van der Waals surface area contributed by atoms with Gasteiger partial charge >= 0.3 is 0 Å². The highest BCUT2D eigenvalue weighted by atomic mass is 35.5. The molecule has 1 aromatic rings. The Balaban J connectivity index is 0.00000288. The predicted molar refractivity (Wildman–Crippen MR) is 97.9 cm³/mol. The number of piperidine rings is 1. The van der Waals surface area contributed by atoms with Crippen LogP contribution in [0.1, 0.15) is 30.9 Å². The van der Waals surface area contributed by atoms with Gasteiger partial charge in [-0.2, -0.15) is 0 Å². The molecule has 1 saturated heterocycles. The van der Waals surface area contributed by atoms with Crippen LogP contribution in [0, 0.1) is 18.7 Å². The van der Waals surface area contributed by atoms with Crippen molar-refractivity contribution in [3.8, 4) is 0 Å². The third-order valence-corrected chi connectivity index (χ3v) is 4.48. The van der Waals surface area contributed by atoms with Crippen LogP contribution in [0.2, 0.25) is 0 Å². The van der Waals surface area contributed by atoms with Gasteiger partial charge in [0.15, 0.2) is 0 Å². The lowest BCUT2D eigenvalue weighted by Gasteiger charge is -2.31. The van der Waals surface area contributed by atoms with E-state index in [9.17, 15) is 9.18 Å². The molecule has 0 bridgehead atoms. The average Bonchev–Trinajstić information content (AvgIpc) is 2.55. The Morgan fingerprint density at radius 2 is 2.04 bits per heavy atom. The molecule has 6 heteroatoms. The number of rotatable bonds is 7. The molecule has 1 aromatic carbocycles. The van der Waals surface area contributed by atoms with Crippen LogP contribution < -0.4 is 10.6 Å². The lowest BCUT2D eigenvalue weighted by atomic mass is 9.97. The van der Waals surface area contributed by atoms with Gasteiger partial charge in [0.05, 0.1) is 6.54 Å². The van der Waals surface area contributed by atoms with Crippen LogP contribution in [0.5, 0.6) is 0 Å². The van der Waals surface area contributed by atoms with E-state index in [0.29, 0.717) is 18.7 Å². The zero-order chi connectivity index (χ0) is 16.7. The number of hydrogen-bond donors (Lipinski definition) is 2. The summed E-state index contributed by atoms with van der Waals surface area (Å²) in [6.45, 7) is 8.72. The van der Waals surface area contributed by atoms with Gasteiger partial charge in [-0.1, -0.05) is 19.1 Å². The van der Waals surface area contributed by atoms with E-state index < -0.39 is 0 Å². The lowest BCUT2D eigenvalue weighted by molar-refractivity contribution is -0.122. The Kier molecular flexibility index (Phi) is 9.26. The minimum absolute atomic E-state index is 0. The highest BCUT2D eigenvalue weighted by Crippen LogP contribution is 2.16. The maximum Gasteiger partial charge on any atom is 0.234 e. The maximum absolute atomic E-state index is 13.5. The fraction of sp³-hybridized carbons (Fsp3) is 0.611. The normalized spacial score (nSPS) is 15.8. The minimum Gasteiger partial charge on any atom is -0.351 e. The summed E-state index contributed by atoms with van der Waals surface area (Å²) < 4.78 is 13.5. The monoisotopic (exact) mass is 357 g/mol. The van der Waals surface area contributed by atoms with Crippen molar-refractivity contribution < 1.29 is 9.18 Å². The third kappa shape index (κ3) is 6.75. The summed E-state index contributed by atoms with van der Waals surface area (Å²) in [7, 11) is 0. The van der Waals surface area contributed by atoms with Crippen molar-refractivity contribution in [1.29, 1.82) is 0 Å². The van der Waals surface area contributed by atoms with Crippen molar-refractivity contribution in [2.45, 2.75) is 33.2 Å². The van der Waals surface area contributed by atoms with E-state index in [4.69, 9.17) is 0 Å². The highest BCUT2D eigenvalue weighted by Gasteiger charge is 2.20. The van der Waals surface area contributed by atoms with E-state index in [1.165, 1.54) is 6.07 Å². The molecule has 136 valence electrons. The topological polar surface area (TPSA) is 44.4 Å². The number of hydrogen-bond acceptors (Lipinski definition) is 3. The lowest BCUT2D eigenvalue weighted by Crippen LogP contribution is -2.42. The number of nitrogens with one attached hydrogen (secondary N) is 2. The van der Waals surface area contributed by atoms with Crippen molar-refractivity contribution in [2.75, 3.05) is 32.7 Å². The van der Waals surface area contributed by atoms with Gasteiger partial charge in [0, 0.05) is 6.54 Å². The van der Waals surface area contributed by atoms with Gasteiger partial charge in [0.2, 0.25) is 5.91 Å². The van der Waals surface area contributed by atoms with E-state index in [1.807, 2.05) is 6.07 Å². The number of benzene rings is 1. The highest BCUT2D eigenvalue weighted by molar-refractivity contribution is 5.85. The summed E-state index contributed by atoms with van der Waals surface area (Å²) in [6, 6.07) is 5.08. The Hall–Kier alpha value is -1.17. The van der Waals surface area contributed by atoms with E-state index in [-0.39, 0.29) is 24.1 Å². The number of nitrogens with zero attached hydrogens (tertiary/aromatic N) is 1. The van der Waals surface area contributed by atoms with Crippen LogP contribution in [0.4, 0.5) is 4.39 Å². The van der Waals surface area contributed by atoms with Crippen LogP contribution in [-0.2, 0) is 11.3 Å². The number of carbonyl (C=O) groups excluding carboxylic acids is 1. The van der Waals surface area contributed by atoms with Crippen molar-refractivity contribution in [3.05, 3.63) is 35.1 Å². The molecule has 1 fully saturated rings. The van der Waals surface area contributed by atoms with Crippen LogP contribution in [0.15, 0.2) is 18.2 Å². The van der Waals surface area contributed by atoms with Gasteiger partial charge in [-0.15, -0.1) is 12.4 Å². The standard InChI is InChI=1S/C18H28FN3O.ClH/c1-3-20-11-15-6-8-22(9-7-15)13-18(23)21-12-16-5-4-14(2)17(19)10-16;/h4-5,10,15,20H,3,6-9,11-13H2,1-2H3,(H,21,23);1H. The molecule has 0 spiro atoms. The molecule has 24 heavy (non-hydrogen) atoms. The van der Waals surface area contributed by atoms with Gasteiger partial charge in [-0.25, -0.2) is 4.39 Å². The predicted octanol–water partition coefficient (Wildman–Crippen LogP) is 2.49. The largest absolute Gasteiger partial charge is 0.351 e. The first-order chi connectivity index (χ1) is 11.1. The average molecular weight is 358 g/mol. The van der Waals surface area contributed by atoms with E-state index in [0.717, 1.165) is 50.5 Å². The van der Waals surface area contributed by atoms with Crippen LogP contribution in [-0.4, -0.2) is 43.5 Å². The molecule has 2 rings (SSSR count). The molecule has 1 aliphatic heterocycles. The first-order valence-corrected chi connectivity index (χ1v) is 8.53. The number of carbonyl (C=O) groups is 1. The second-order valence-electron chi connectivity index (χ2n) is 6.39. The van der Waals surface area contributed by atoms with Crippen molar-refractivity contribution in [3.63, 3.8) is 0 Å². The van der Waals surface area contributed by atoms with Gasteiger partial charge < -0.3 is 10.6 Å². The molecule has 1 heterocycles. The number of likely N-dealkylation sites (tertiary alicyclic amines) is 1. The molecular weight excluding hydrogens is 329 g/mol. The van der Waals surface area contributed by atoms with Crippen LogP contribution in [0.3, 0.4) is 0 Å². The molecule has 0 aromatic heterocycles. The summed E-state index contributed by atoms with van der Waals surface area (Å²) >= 11 is 0. The summed E-state index contributed by atoms with van der Waals surface area (Å²) in [5.74, 6) is 0.514. The van der Waals surface area contributed by atoms with Gasteiger partial charge in [-0.3, -0.25) is 9.69 Å². The molecule has 1 aliphatic rings. The zero-order valence-electron chi connectivity index (χ0n) is 14.6. The number of halogens is 2. The molecule has 2 N–H and O–H groups in total. The first kappa shape index (κ1) is 20.9. The summed E-state index contributed by atoms with van der Waals surface area (Å²) in [5, 5.41) is 6.27. The molecule has 0 saturated carbocycles. The van der Waals surface area contributed by atoms with E-state index >= 15 is 0 Å². The Morgan fingerprint density at radius 1 is 1.33 bits per heavy atom. The van der Waals surface area contributed by atoms with E-state index in [2.05, 4.69) is 22.5 Å². The summed E-state index contributed by atoms with van der Waals surface area (Å²) in [4.78, 5) is 14.2. The molecule has 1 amide bonds. The smallest absolute Gasteiger partial charge is 0.234 e. The van der Waals surface area contributed by atoms with Crippen LogP contribution in [0.25, 0.3) is 0 Å². The zero-order valence-corrected chi connectivity index (χ0v) is 15.4. The molecule has 0 unspecified atom stereocenters. The molecule has 0 radical (unpaired) electrons. The number of aryl methyl sites for hydroxylation is 1. The number of amides is 1. The van der Waals surface area contributed by atoms with Gasteiger partial charge in [0.1, 0.15) is 5.82 Å². The van der Waals surface area contributed by atoms with Gasteiger partial charge in [0.25, 0.3) is 0 Å².